The van der Waals surface area contributed by atoms with Crippen molar-refractivity contribution in [3.8, 4) is 17.2 Å². The van der Waals surface area contributed by atoms with Crippen LogP contribution in [0, 0.1) is 25.2 Å². The Bertz CT molecular complexity index is 1200. The molecule has 0 fully saturated rings. The van der Waals surface area contributed by atoms with Crippen molar-refractivity contribution in [2.75, 3.05) is 20.3 Å². The van der Waals surface area contributed by atoms with Crippen LogP contribution in [0.25, 0.3) is 17.2 Å². The summed E-state index contributed by atoms with van der Waals surface area (Å²) in [4.78, 5) is 24.9. The lowest BCUT2D eigenvalue weighted by Gasteiger charge is -2.08. The van der Waals surface area contributed by atoms with Crippen LogP contribution < -0.4 is 0 Å². The van der Waals surface area contributed by atoms with E-state index < -0.39 is 12.6 Å². The monoisotopic (exact) mass is 442 g/mol. The van der Waals surface area contributed by atoms with Crippen molar-refractivity contribution in [3.63, 3.8) is 0 Å². The van der Waals surface area contributed by atoms with Crippen LogP contribution in [-0.2, 0) is 20.8 Å². The molecule has 6 heteroatoms. The third kappa shape index (κ3) is 5.85. The highest BCUT2D eigenvalue weighted by Gasteiger charge is 2.16. The molecule has 2 aromatic carbocycles. The van der Waals surface area contributed by atoms with Gasteiger partial charge in [0.25, 0.3) is 0 Å². The van der Waals surface area contributed by atoms with Crippen LogP contribution in [0.1, 0.15) is 27.3 Å². The van der Waals surface area contributed by atoms with E-state index in [1.54, 1.807) is 19.2 Å². The lowest BCUT2D eigenvalue weighted by atomic mass is 10.0. The molecule has 0 radical (unpaired) electrons. The first-order chi connectivity index (χ1) is 15.9. The molecular weight excluding hydrogens is 416 g/mol. The molecule has 0 aliphatic carbocycles. The van der Waals surface area contributed by atoms with Crippen LogP contribution in [0.4, 0.5) is 0 Å². The quantitative estimate of drug-likeness (QED) is 0.207. The van der Waals surface area contributed by atoms with E-state index in [0.29, 0.717) is 18.7 Å². The van der Waals surface area contributed by atoms with E-state index in [9.17, 15) is 14.9 Å². The van der Waals surface area contributed by atoms with Crippen molar-refractivity contribution in [1.82, 2.24) is 4.57 Å². The van der Waals surface area contributed by atoms with E-state index in [1.807, 2.05) is 68.4 Å². The van der Waals surface area contributed by atoms with Gasteiger partial charge in [0.15, 0.2) is 12.4 Å². The average Bonchev–Trinajstić information content (AvgIpc) is 3.11. The molecular formula is C27H26N2O4. The molecule has 0 saturated heterocycles. The Hall–Kier alpha value is -3.95. The second-order valence-electron chi connectivity index (χ2n) is 7.58. The molecule has 1 heterocycles. The maximum absolute atomic E-state index is 12.5. The van der Waals surface area contributed by atoms with E-state index >= 15 is 0 Å². The van der Waals surface area contributed by atoms with Gasteiger partial charge in [0.05, 0.1) is 6.61 Å². The average molecular weight is 443 g/mol. The van der Waals surface area contributed by atoms with Gasteiger partial charge in [-0.3, -0.25) is 4.79 Å². The van der Waals surface area contributed by atoms with Crippen LogP contribution in [0.2, 0.25) is 0 Å². The third-order valence-corrected chi connectivity index (χ3v) is 5.42. The molecule has 0 bridgehead atoms. The van der Waals surface area contributed by atoms with Crippen molar-refractivity contribution in [2.24, 2.45) is 0 Å². The number of benzene rings is 2. The van der Waals surface area contributed by atoms with Crippen molar-refractivity contribution in [1.29, 1.82) is 5.26 Å². The van der Waals surface area contributed by atoms with E-state index in [2.05, 4.69) is 4.57 Å². The number of esters is 1. The fourth-order valence-electron chi connectivity index (χ4n) is 3.56. The lowest BCUT2D eigenvalue weighted by Crippen LogP contribution is -2.15. The third-order valence-electron chi connectivity index (χ3n) is 5.42. The topological polar surface area (TPSA) is 81.3 Å². The summed E-state index contributed by atoms with van der Waals surface area (Å²) in [6.45, 7) is 4.66. The summed E-state index contributed by atoms with van der Waals surface area (Å²) < 4.78 is 12.3. The highest BCUT2D eigenvalue weighted by molar-refractivity contribution is 6.02. The number of aryl methyl sites for hydroxylation is 1. The Morgan fingerprint density at radius 2 is 1.70 bits per heavy atom. The molecule has 3 rings (SSSR count). The Labute approximate surface area is 193 Å². The summed E-state index contributed by atoms with van der Waals surface area (Å²) in [6, 6.07) is 20.7. The van der Waals surface area contributed by atoms with Crippen molar-refractivity contribution in [3.05, 3.63) is 88.8 Å². The molecule has 0 aliphatic rings. The fraction of sp³-hybridized carbons (Fsp3) is 0.222. The van der Waals surface area contributed by atoms with E-state index in [0.717, 1.165) is 28.1 Å². The Morgan fingerprint density at radius 3 is 2.33 bits per heavy atom. The largest absolute Gasteiger partial charge is 0.453 e. The second-order valence-corrected chi connectivity index (χ2v) is 7.58. The number of nitrogens with zero attached hydrogens (tertiary/aromatic N) is 2. The van der Waals surface area contributed by atoms with Crippen molar-refractivity contribution < 1.29 is 19.1 Å². The Kier molecular flexibility index (Phi) is 7.96. The summed E-state index contributed by atoms with van der Waals surface area (Å²) in [5.41, 5.74) is 4.98. The van der Waals surface area contributed by atoms with Gasteiger partial charge in [-0.25, -0.2) is 4.79 Å². The van der Waals surface area contributed by atoms with Crippen LogP contribution in [0.3, 0.4) is 0 Å². The predicted octanol–water partition coefficient (Wildman–Crippen LogP) is 4.75. The highest BCUT2D eigenvalue weighted by atomic mass is 16.5. The zero-order valence-electron chi connectivity index (χ0n) is 19.0. The first-order valence-electron chi connectivity index (χ1n) is 10.6. The predicted molar refractivity (Wildman–Crippen MR) is 127 cm³/mol. The summed E-state index contributed by atoms with van der Waals surface area (Å²) in [6.07, 6.45) is 1.49. The van der Waals surface area contributed by atoms with Gasteiger partial charge in [0, 0.05) is 30.6 Å². The standard InChI is InChI=1S/C27H26N2O4/c1-19-15-24(20(2)29(19)13-14-32-3)16-25(17-28)27(31)33-18-26(30)23-11-9-22(10-12-23)21-7-5-4-6-8-21/h4-12,15-16H,13-14,18H2,1-3H3/b25-16-. The summed E-state index contributed by atoms with van der Waals surface area (Å²) >= 11 is 0. The first-order valence-corrected chi connectivity index (χ1v) is 10.6. The smallest absolute Gasteiger partial charge is 0.349 e. The van der Waals surface area contributed by atoms with Crippen LogP contribution >= 0.6 is 0 Å². The molecule has 0 unspecified atom stereocenters. The van der Waals surface area contributed by atoms with Gasteiger partial charge in [0.2, 0.25) is 0 Å². The van der Waals surface area contributed by atoms with E-state index in [-0.39, 0.29) is 11.4 Å². The number of aromatic nitrogens is 1. The zero-order chi connectivity index (χ0) is 23.8. The van der Waals surface area contributed by atoms with Crippen molar-refractivity contribution in [2.45, 2.75) is 20.4 Å². The molecule has 6 nitrogen and oxygen atoms in total. The summed E-state index contributed by atoms with van der Waals surface area (Å²) in [7, 11) is 1.64. The number of ether oxygens (including phenoxy) is 2. The zero-order valence-corrected chi connectivity index (χ0v) is 19.0. The normalized spacial score (nSPS) is 11.2. The molecule has 0 atom stereocenters. The number of hydrogen-bond donors (Lipinski definition) is 0. The summed E-state index contributed by atoms with van der Waals surface area (Å²) in [5, 5.41) is 9.46. The number of carbonyl (C=O) groups excluding carboxylic acids is 2. The second kappa shape index (κ2) is 11.1. The molecule has 0 saturated carbocycles. The number of Topliss-reactive ketones (excluding diaryl/α,β-unsaturated/α-hetero) is 1. The summed E-state index contributed by atoms with van der Waals surface area (Å²) in [5.74, 6) is -1.16. The number of nitriles is 1. The molecule has 33 heavy (non-hydrogen) atoms. The van der Waals surface area contributed by atoms with Gasteiger partial charge >= 0.3 is 5.97 Å². The maximum Gasteiger partial charge on any atom is 0.349 e. The minimum atomic E-state index is -0.826. The van der Waals surface area contributed by atoms with Gasteiger partial charge in [-0.05, 0) is 42.7 Å². The number of methoxy groups -OCH3 is 1. The molecule has 3 aromatic rings. The van der Waals surface area contributed by atoms with E-state index in [1.165, 1.54) is 6.08 Å². The maximum atomic E-state index is 12.5. The van der Waals surface area contributed by atoms with Crippen LogP contribution in [0.15, 0.2) is 66.2 Å². The van der Waals surface area contributed by atoms with Gasteiger partial charge in [0.1, 0.15) is 11.6 Å². The number of rotatable bonds is 9. The van der Waals surface area contributed by atoms with Gasteiger partial charge in [-0.2, -0.15) is 5.26 Å². The van der Waals surface area contributed by atoms with Crippen LogP contribution in [0.5, 0.6) is 0 Å². The lowest BCUT2D eigenvalue weighted by molar-refractivity contribution is -0.137. The molecule has 1 aromatic heterocycles. The molecule has 168 valence electrons. The van der Waals surface area contributed by atoms with Gasteiger partial charge < -0.3 is 14.0 Å². The Morgan fingerprint density at radius 1 is 1.03 bits per heavy atom. The molecule has 0 aliphatic heterocycles. The minimum Gasteiger partial charge on any atom is -0.453 e. The highest BCUT2D eigenvalue weighted by Crippen LogP contribution is 2.20. The first kappa shape index (κ1) is 23.7. The fourth-order valence-corrected chi connectivity index (χ4v) is 3.56. The molecule has 0 spiro atoms. The van der Waals surface area contributed by atoms with Gasteiger partial charge in [-0.1, -0.05) is 54.6 Å². The molecule has 0 amide bonds. The number of hydrogen-bond acceptors (Lipinski definition) is 5. The minimum absolute atomic E-state index is 0.158. The number of ketones is 1. The molecule has 0 N–H and O–H groups in total. The van der Waals surface area contributed by atoms with Crippen molar-refractivity contribution >= 4 is 17.8 Å². The van der Waals surface area contributed by atoms with E-state index in [4.69, 9.17) is 9.47 Å². The van der Waals surface area contributed by atoms with Gasteiger partial charge in [-0.15, -0.1) is 0 Å². The Balaban J connectivity index is 1.65. The number of carbonyl (C=O) groups is 2. The van der Waals surface area contributed by atoms with Crippen LogP contribution in [-0.4, -0.2) is 36.6 Å². The SMILES string of the molecule is COCCn1c(C)cc(/C=C(/C#N)C(=O)OCC(=O)c2ccc(-c3ccccc3)cc2)c1C.